The fraction of sp³-hybridized carbons (Fsp3) is 0.143. The van der Waals surface area contributed by atoms with E-state index in [9.17, 15) is 4.79 Å². The highest BCUT2D eigenvalue weighted by Gasteiger charge is 2.17. The van der Waals surface area contributed by atoms with Crippen LogP contribution in [0, 0.1) is 0 Å². The fourth-order valence-electron chi connectivity index (χ4n) is 2.86. The third-order valence-electron chi connectivity index (χ3n) is 4.23. The molecule has 7 nitrogen and oxygen atoms in total. The minimum atomic E-state index is 0.541. The van der Waals surface area contributed by atoms with Gasteiger partial charge in [-0.05, 0) is 63.5 Å². The average Bonchev–Trinajstić information content (AvgIpc) is 3.17. The molecule has 142 valence electrons. The number of allylic oxidation sites excluding steroid dienone is 3. The zero-order valence-electron chi connectivity index (χ0n) is 15.9. The summed E-state index contributed by atoms with van der Waals surface area (Å²) in [5.41, 5.74) is 3.45. The summed E-state index contributed by atoms with van der Waals surface area (Å²) in [5, 5.41) is 11.8. The fourth-order valence-corrected chi connectivity index (χ4v) is 2.86. The Balaban J connectivity index is 2.29. The van der Waals surface area contributed by atoms with Gasteiger partial charge in [0.1, 0.15) is 17.8 Å². The molecule has 0 fully saturated rings. The summed E-state index contributed by atoms with van der Waals surface area (Å²) >= 11 is 0. The van der Waals surface area contributed by atoms with Crippen LogP contribution in [0.2, 0.25) is 0 Å². The molecule has 0 aliphatic carbocycles. The maximum atomic E-state index is 11.0. The lowest BCUT2D eigenvalue weighted by Crippen LogP contribution is -2.02. The first-order valence-corrected chi connectivity index (χ1v) is 8.55. The van der Waals surface area contributed by atoms with Crippen molar-refractivity contribution in [1.29, 1.82) is 0 Å². The molecule has 7 heteroatoms. The topological polar surface area (TPSA) is 79.1 Å². The normalized spacial score (nSPS) is 10.7. The van der Waals surface area contributed by atoms with Gasteiger partial charge in [-0.15, -0.1) is 5.10 Å². The standard InChI is InChI=1S/C21H20N4O3/c1-25-21(22-23-24-25)19(5-4-14-26)20(15-6-10-17(27-2)11-7-15)16-8-12-18(28-3)13-9-16/h4-14H,1-3H3/b5-4+. The molecule has 0 aliphatic rings. The zero-order chi connectivity index (χ0) is 19.9. The van der Waals surface area contributed by atoms with E-state index >= 15 is 0 Å². The van der Waals surface area contributed by atoms with Crippen LogP contribution in [0.1, 0.15) is 17.0 Å². The van der Waals surface area contributed by atoms with Crippen molar-refractivity contribution < 1.29 is 14.3 Å². The number of hydrogen-bond donors (Lipinski definition) is 0. The molecule has 1 heterocycles. The molecule has 0 radical (unpaired) electrons. The Labute approximate surface area is 162 Å². The van der Waals surface area contributed by atoms with Gasteiger partial charge in [-0.2, -0.15) is 0 Å². The minimum absolute atomic E-state index is 0.541. The van der Waals surface area contributed by atoms with E-state index < -0.39 is 0 Å². The van der Waals surface area contributed by atoms with Crippen molar-refractivity contribution in [3.8, 4) is 11.5 Å². The van der Waals surface area contributed by atoms with Gasteiger partial charge in [-0.25, -0.2) is 4.68 Å². The van der Waals surface area contributed by atoms with Crippen molar-refractivity contribution in [3.63, 3.8) is 0 Å². The molecule has 0 N–H and O–H groups in total. The van der Waals surface area contributed by atoms with E-state index in [0.29, 0.717) is 5.82 Å². The van der Waals surface area contributed by atoms with Crippen LogP contribution in [-0.4, -0.2) is 40.7 Å². The monoisotopic (exact) mass is 376 g/mol. The van der Waals surface area contributed by atoms with Gasteiger partial charge in [-0.3, -0.25) is 4.79 Å². The highest BCUT2D eigenvalue weighted by molar-refractivity contribution is 6.01. The summed E-state index contributed by atoms with van der Waals surface area (Å²) in [4.78, 5) is 11.0. The first-order chi connectivity index (χ1) is 13.7. The SMILES string of the molecule is COc1ccc(C(=C(/C=C/C=O)c2nnnn2C)c2ccc(OC)cc2)cc1. The first-order valence-electron chi connectivity index (χ1n) is 8.55. The van der Waals surface area contributed by atoms with E-state index in [-0.39, 0.29) is 0 Å². The summed E-state index contributed by atoms with van der Waals surface area (Å²) in [6.07, 6.45) is 3.86. The van der Waals surface area contributed by atoms with Crippen LogP contribution in [0.25, 0.3) is 11.1 Å². The third kappa shape index (κ3) is 3.98. The molecule has 3 rings (SSSR count). The Morgan fingerprint density at radius 1 is 0.929 bits per heavy atom. The summed E-state index contributed by atoms with van der Waals surface area (Å²) in [6.45, 7) is 0. The van der Waals surface area contributed by atoms with Gasteiger partial charge in [-0.1, -0.05) is 24.3 Å². The molecule has 0 amide bonds. The lowest BCUT2D eigenvalue weighted by molar-refractivity contribution is -0.104. The van der Waals surface area contributed by atoms with Crippen molar-refractivity contribution >= 4 is 17.4 Å². The van der Waals surface area contributed by atoms with E-state index in [4.69, 9.17) is 9.47 Å². The van der Waals surface area contributed by atoms with Crippen molar-refractivity contribution in [2.24, 2.45) is 7.05 Å². The van der Waals surface area contributed by atoms with Crippen LogP contribution in [0.15, 0.2) is 60.7 Å². The van der Waals surface area contributed by atoms with Crippen molar-refractivity contribution in [1.82, 2.24) is 20.2 Å². The predicted molar refractivity (Wildman–Crippen MR) is 106 cm³/mol. The van der Waals surface area contributed by atoms with Gasteiger partial charge >= 0.3 is 0 Å². The lowest BCUT2D eigenvalue weighted by Gasteiger charge is -2.14. The number of aryl methyl sites for hydroxylation is 1. The second-order valence-corrected chi connectivity index (χ2v) is 5.87. The number of rotatable bonds is 7. The summed E-state index contributed by atoms with van der Waals surface area (Å²) in [5.74, 6) is 2.05. The van der Waals surface area contributed by atoms with Gasteiger partial charge in [0.15, 0.2) is 5.82 Å². The maximum Gasteiger partial charge on any atom is 0.182 e. The molecule has 3 aromatic rings. The van der Waals surface area contributed by atoms with E-state index in [2.05, 4.69) is 15.5 Å². The number of ether oxygens (including phenoxy) is 2. The van der Waals surface area contributed by atoms with E-state index in [1.165, 1.54) is 6.08 Å². The molecule has 0 bridgehead atoms. The number of hydrogen-bond acceptors (Lipinski definition) is 6. The van der Waals surface area contributed by atoms with Gasteiger partial charge < -0.3 is 9.47 Å². The Kier molecular flexibility index (Phi) is 5.96. The number of tetrazole rings is 1. The summed E-state index contributed by atoms with van der Waals surface area (Å²) in [7, 11) is 5.00. The van der Waals surface area contributed by atoms with Gasteiger partial charge in [0.05, 0.1) is 14.2 Å². The molecule has 0 spiro atoms. The quantitative estimate of drug-likeness (QED) is 0.358. The van der Waals surface area contributed by atoms with Gasteiger partial charge in [0, 0.05) is 12.6 Å². The Morgan fingerprint density at radius 3 is 1.86 bits per heavy atom. The highest BCUT2D eigenvalue weighted by atomic mass is 16.5. The predicted octanol–water partition coefficient (Wildman–Crippen LogP) is 2.94. The number of carbonyl (C=O) groups is 1. The number of nitrogens with zero attached hydrogens (tertiary/aromatic N) is 4. The number of methoxy groups -OCH3 is 2. The lowest BCUT2D eigenvalue weighted by atomic mass is 9.92. The molecular weight excluding hydrogens is 356 g/mol. The molecule has 0 saturated heterocycles. The molecular formula is C21H20N4O3. The average molecular weight is 376 g/mol. The van der Waals surface area contributed by atoms with E-state index in [1.807, 2.05) is 48.5 Å². The van der Waals surface area contributed by atoms with E-state index in [0.717, 1.165) is 40.1 Å². The number of carbonyl (C=O) groups excluding carboxylic acids is 1. The first kappa shape index (κ1) is 19.0. The molecule has 2 aromatic carbocycles. The highest BCUT2D eigenvalue weighted by Crippen LogP contribution is 2.33. The van der Waals surface area contributed by atoms with Crippen LogP contribution in [0.4, 0.5) is 0 Å². The molecule has 1 aromatic heterocycles. The molecule has 0 aliphatic heterocycles. The van der Waals surface area contributed by atoms with Crippen molar-refractivity contribution in [2.75, 3.05) is 14.2 Å². The van der Waals surface area contributed by atoms with Crippen LogP contribution in [-0.2, 0) is 11.8 Å². The van der Waals surface area contributed by atoms with E-state index in [1.54, 1.807) is 32.0 Å². The number of aromatic nitrogens is 4. The molecule has 0 saturated carbocycles. The second-order valence-electron chi connectivity index (χ2n) is 5.87. The van der Waals surface area contributed by atoms with Gasteiger partial charge in [0.2, 0.25) is 0 Å². The van der Waals surface area contributed by atoms with Crippen LogP contribution in [0.3, 0.4) is 0 Å². The smallest absolute Gasteiger partial charge is 0.182 e. The summed E-state index contributed by atoms with van der Waals surface area (Å²) < 4.78 is 12.1. The largest absolute Gasteiger partial charge is 0.497 e. The second kappa shape index (κ2) is 8.77. The zero-order valence-corrected chi connectivity index (χ0v) is 15.9. The van der Waals surface area contributed by atoms with Crippen LogP contribution in [0.5, 0.6) is 11.5 Å². The Bertz CT molecular complexity index is 953. The van der Waals surface area contributed by atoms with Crippen molar-refractivity contribution in [2.45, 2.75) is 0 Å². The van der Waals surface area contributed by atoms with Crippen LogP contribution < -0.4 is 9.47 Å². The Hall–Kier alpha value is -3.74. The van der Waals surface area contributed by atoms with Crippen LogP contribution >= 0.6 is 0 Å². The van der Waals surface area contributed by atoms with Gasteiger partial charge in [0.25, 0.3) is 0 Å². The minimum Gasteiger partial charge on any atom is -0.497 e. The molecule has 28 heavy (non-hydrogen) atoms. The number of benzene rings is 2. The van der Waals surface area contributed by atoms with Crippen molar-refractivity contribution in [3.05, 3.63) is 77.6 Å². The molecule has 0 unspecified atom stereocenters. The number of aldehydes is 1. The molecule has 0 atom stereocenters. The third-order valence-corrected chi connectivity index (χ3v) is 4.23. The summed E-state index contributed by atoms with van der Waals surface area (Å²) in [6, 6.07) is 15.4. The Morgan fingerprint density at radius 2 is 1.46 bits per heavy atom. The maximum absolute atomic E-state index is 11.0.